The average molecular weight is 584 g/mol. The molecule has 3 heterocycles. The van der Waals surface area contributed by atoms with E-state index < -0.39 is 34.5 Å². The van der Waals surface area contributed by atoms with Gasteiger partial charge < -0.3 is 20.3 Å². The summed E-state index contributed by atoms with van der Waals surface area (Å²) in [4.78, 5) is 6.30. The second kappa shape index (κ2) is 11.6. The van der Waals surface area contributed by atoms with Crippen LogP contribution in [-0.4, -0.2) is 72.5 Å². The third kappa shape index (κ3) is 7.12. The number of nitrogens with zero attached hydrogens (tertiary/aromatic N) is 2. The Hall–Kier alpha value is -3.08. The van der Waals surface area contributed by atoms with Gasteiger partial charge in [0.15, 0.2) is 0 Å². The Bertz CT molecular complexity index is 1510. The van der Waals surface area contributed by atoms with Gasteiger partial charge in [0.1, 0.15) is 11.2 Å². The summed E-state index contributed by atoms with van der Waals surface area (Å²) in [6, 6.07) is 7.65. The molecule has 3 N–H and O–H groups in total. The molecule has 1 aromatic carbocycles. The number of nitrogens with one attached hydrogen (secondary N) is 3. The molecule has 39 heavy (non-hydrogen) atoms. The minimum atomic E-state index is -4.43. The van der Waals surface area contributed by atoms with Gasteiger partial charge in [0.05, 0.1) is 56.8 Å². The van der Waals surface area contributed by atoms with E-state index in [1.165, 1.54) is 19.4 Å². The van der Waals surface area contributed by atoms with E-state index in [9.17, 15) is 21.8 Å². The molecule has 4 rings (SSSR count). The van der Waals surface area contributed by atoms with Crippen LogP contribution in [0, 0.1) is 16.6 Å². The lowest BCUT2D eigenvalue weighted by molar-refractivity contribution is -0.126. The number of thiophene rings is 1. The number of pyridine rings is 1. The summed E-state index contributed by atoms with van der Waals surface area (Å²) >= 11 is 1.15. The topological polar surface area (TPSA) is 90.3 Å². The van der Waals surface area contributed by atoms with Crippen LogP contribution >= 0.6 is 11.3 Å². The van der Waals surface area contributed by atoms with Gasteiger partial charge in [-0.05, 0) is 42.6 Å². The fourth-order valence-electron chi connectivity index (χ4n) is 4.37. The number of ether oxygens (including phenoxy) is 1. The number of likely N-dealkylation sites (tertiary alicyclic amines) is 1. The molecular formula is C26H29F4N5O2S2. The Morgan fingerprint density at radius 1 is 1.28 bits per heavy atom. The molecule has 2 aromatic heterocycles. The molecule has 210 valence electrons. The van der Waals surface area contributed by atoms with Crippen molar-refractivity contribution in [3.05, 3.63) is 40.8 Å². The normalized spacial score (nSPS) is 19.7. The van der Waals surface area contributed by atoms with Crippen LogP contribution in [0.4, 0.5) is 28.9 Å². The summed E-state index contributed by atoms with van der Waals surface area (Å²) in [6.07, 6.45) is -4.81. The zero-order valence-corrected chi connectivity index (χ0v) is 23.2. The smallest absolute Gasteiger partial charge is 0.393 e. The van der Waals surface area contributed by atoms with Gasteiger partial charge >= 0.3 is 6.18 Å². The molecule has 0 radical (unpaired) electrons. The highest BCUT2D eigenvalue weighted by molar-refractivity contribution is 7.91. The lowest BCUT2D eigenvalue weighted by Crippen LogP contribution is -2.46. The van der Waals surface area contributed by atoms with Crippen LogP contribution in [0.1, 0.15) is 16.9 Å². The second-order valence-corrected chi connectivity index (χ2v) is 12.5. The molecule has 3 atom stereocenters. The predicted molar refractivity (Wildman–Crippen MR) is 147 cm³/mol. The summed E-state index contributed by atoms with van der Waals surface area (Å²) < 4.78 is 80.7. The Labute approximate surface area is 228 Å². The number of halogens is 4. The van der Waals surface area contributed by atoms with Gasteiger partial charge in [-0.1, -0.05) is 24.0 Å². The van der Waals surface area contributed by atoms with E-state index in [2.05, 4.69) is 27.5 Å². The first-order valence-corrected chi connectivity index (χ1v) is 14.9. The molecule has 1 aliphatic rings. The summed E-state index contributed by atoms with van der Waals surface area (Å²) in [6.45, 7) is 1.10. The molecule has 0 amide bonds. The van der Waals surface area contributed by atoms with E-state index in [4.69, 9.17) is 9.52 Å². The first-order valence-electron chi connectivity index (χ1n) is 12.1. The third-order valence-corrected chi connectivity index (χ3v) is 8.50. The van der Waals surface area contributed by atoms with Crippen LogP contribution in [-0.2, 0) is 16.1 Å². The molecular weight excluding hydrogens is 554 g/mol. The van der Waals surface area contributed by atoms with Crippen molar-refractivity contribution in [1.29, 1.82) is 4.78 Å². The van der Waals surface area contributed by atoms with E-state index in [-0.39, 0.29) is 23.0 Å². The van der Waals surface area contributed by atoms with Crippen LogP contribution in [0.3, 0.4) is 0 Å². The fourth-order valence-corrected chi connectivity index (χ4v) is 6.13. The molecule has 0 unspecified atom stereocenters. The number of hydrogen-bond acceptors (Lipinski definition) is 8. The van der Waals surface area contributed by atoms with Crippen LogP contribution in [0.25, 0.3) is 10.1 Å². The number of benzene rings is 1. The predicted octanol–water partition coefficient (Wildman–Crippen LogP) is 5.36. The first-order chi connectivity index (χ1) is 18.4. The van der Waals surface area contributed by atoms with E-state index in [0.29, 0.717) is 39.3 Å². The summed E-state index contributed by atoms with van der Waals surface area (Å²) in [5, 5.41) is 6.74. The van der Waals surface area contributed by atoms with E-state index in [1.54, 1.807) is 24.3 Å². The number of hydrogen-bond donors (Lipinski definition) is 3. The fraction of sp³-hybridized carbons (Fsp3) is 0.423. The highest BCUT2D eigenvalue weighted by Crippen LogP contribution is 2.39. The van der Waals surface area contributed by atoms with Crippen molar-refractivity contribution >= 4 is 42.5 Å². The molecule has 0 aliphatic carbocycles. The van der Waals surface area contributed by atoms with Crippen LogP contribution in [0.2, 0.25) is 0 Å². The Kier molecular flexibility index (Phi) is 8.58. The monoisotopic (exact) mass is 583 g/mol. The molecule has 0 saturated carbocycles. The lowest BCUT2D eigenvalue weighted by atomic mass is 10.0. The summed E-state index contributed by atoms with van der Waals surface area (Å²) in [7, 11) is 0.208. The van der Waals surface area contributed by atoms with Crippen LogP contribution < -0.4 is 15.4 Å². The maximum Gasteiger partial charge on any atom is 0.393 e. The van der Waals surface area contributed by atoms with Crippen molar-refractivity contribution < 1.29 is 26.5 Å². The zero-order valence-electron chi connectivity index (χ0n) is 21.6. The van der Waals surface area contributed by atoms with Gasteiger partial charge in [-0.2, -0.15) is 13.2 Å². The van der Waals surface area contributed by atoms with Crippen molar-refractivity contribution in [2.75, 3.05) is 50.7 Å². The zero-order chi connectivity index (χ0) is 28.4. The molecule has 13 heteroatoms. The lowest BCUT2D eigenvalue weighted by Gasteiger charge is -2.33. The Morgan fingerprint density at radius 2 is 2.05 bits per heavy atom. The van der Waals surface area contributed by atoms with Gasteiger partial charge in [0.2, 0.25) is 5.88 Å². The molecule has 1 saturated heterocycles. The Morgan fingerprint density at radius 3 is 2.72 bits per heavy atom. The number of alkyl halides is 4. The molecule has 1 aliphatic heterocycles. The molecule has 0 bridgehead atoms. The van der Waals surface area contributed by atoms with Gasteiger partial charge in [0, 0.05) is 19.3 Å². The second-order valence-electron chi connectivity index (χ2n) is 9.41. The SMILES string of the molecule is COc1nc([S@](C)(=N)=O)ccc1NCC#Cc1sc2c(N[C@H]3CCN(C)C[C@@H]3F)cccc2c1CC(F)(F)F. The maximum absolute atomic E-state index is 14.7. The number of fused-ring (bicyclic) bond motifs is 1. The average Bonchev–Trinajstić information content (AvgIpc) is 3.19. The highest BCUT2D eigenvalue weighted by atomic mass is 32.2. The molecule has 3 aromatic rings. The molecule has 1 fully saturated rings. The van der Waals surface area contributed by atoms with E-state index >= 15 is 0 Å². The quantitative estimate of drug-likeness (QED) is 0.256. The van der Waals surface area contributed by atoms with Gasteiger partial charge in [-0.3, -0.25) is 0 Å². The first kappa shape index (κ1) is 28.9. The van der Waals surface area contributed by atoms with Gasteiger partial charge in [-0.25, -0.2) is 18.4 Å². The third-order valence-electron chi connectivity index (χ3n) is 6.28. The minimum absolute atomic E-state index is 0.0711. The van der Waals surface area contributed by atoms with Crippen molar-refractivity contribution in [3.8, 4) is 17.7 Å². The maximum atomic E-state index is 14.7. The highest BCUT2D eigenvalue weighted by Gasteiger charge is 2.32. The Balaban J connectivity index is 1.61. The van der Waals surface area contributed by atoms with Gasteiger partial charge in [0.25, 0.3) is 0 Å². The number of aromatic nitrogens is 1. The van der Waals surface area contributed by atoms with Crippen molar-refractivity contribution in [2.24, 2.45) is 0 Å². The minimum Gasteiger partial charge on any atom is -0.479 e. The number of anilines is 2. The summed E-state index contributed by atoms with van der Waals surface area (Å²) in [5.74, 6) is 5.87. The van der Waals surface area contributed by atoms with Gasteiger partial charge in [-0.15, -0.1) is 11.3 Å². The van der Waals surface area contributed by atoms with Crippen LogP contribution in [0.5, 0.6) is 5.88 Å². The number of rotatable bonds is 7. The van der Waals surface area contributed by atoms with Crippen molar-refractivity contribution in [2.45, 2.75) is 36.3 Å². The van der Waals surface area contributed by atoms with E-state index in [1.807, 2.05) is 11.9 Å². The van der Waals surface area contributed by atoms with E-state index in [0.717, 1.165) is 17.9 Å². The van der Waals surface area contributed by atoms with Crippen molar-refractivity contribution in [1.82, 2.24) is 9.88 Å². The van der Waals surface area contributed by atoms with Crippen molar-refractivity contribution in [3.63, 3.8) is 0 Å². The molecule has 0 spiro atoms. The van der Waals surface area contributed by atoms with Crippen LogP contribution in [0.15, 0.2) is 35.4 Å². The standard InChI is InChI=1S/C26H29F4N5O2S2/c1-35-13-11-19(18(27)15-35)33-20-7-4-6-16-17(14-26(28,29)30)22(38-24(16)20)8-5-12-32-21-9-10-23(39(3,31)36)34-25(21)37-2/h4,6-7,9-10,18-19,31-33H,11-15H2,1-3H3/t18-,19-,39+/m0/s1. The summed E-state index contributed by atoms with van der Waals surface area (Å²) in [5.41, 5.74) is 1.13. The number of piperidine rings is 1. The largest absolute Gasteiger partial charge is 0.479 e. The molecule has 7 nitrogen and oxygen atoms in total. The number of methoxy groups -OCH3 is 1.